The molecule has 3 amide bonds. The third kappa shape index (κ3) is 9.63. The molecule has 0 saturated heterocycles. The highest BCUT2D eigenvalue weighted by Crippen LogP contribution is 2.19. The number of amides is 3. The van der Waals surface area contributed by atoms with Crippen LogP contribution < -0.4 is 27.4 Å². The molecule has 11 N–H and O–H groups in total. The number of fused-ring (bicyclic) bond motifs is 1. The molecule has 0 spiro atoms. The quantitative estimate of drug-likeness (QED) is 0.106. The van der Waals surface area contributed by atoms with Crippen LogP contribution in [0.15, 0.2) is 30.5 Å². The first-order chi connectivity index (χ1) is 18.9. The number of hydrogen-bond acceptors (Lipinski definition) is 8. The van der Waals surface area contributed by atoms with Gasteiger partial charge in [-0.05, 0) is 57.2 Å². The van der Waals surface area contributed by atoms with Crippen molar-refractivity contribution >= 4 is 40.6 Å². The lowest BCUT2D eigenvalue weighted by atomic mass is 10.0. The smallest absolute Gasteiger partial charge is 0.326 e. The van der Waals surface area contributed by atoms with Crippen molar-refractivity contribution in [3.63, 3.8) is 0 Å². The molecule has 2 rings (SSSR count). The number of nitrogens with two attached hydrogens (primary N) is 2. The van der Waals surface area contributed by atoms with Crippen LogP contribution in [0.1, 0.15) is 44.6 Å². The summed E-state index contributed by atoms with van der Waals surface area (Å²) in [5.74, 6) is -5.13. The molecule has 1 aromatic carbocycles. The Morgan fingerprint density at radius 3 is 2.23 bits per heavy atom. The molecule has 0 aliphatic heterocycles. The minimum atomic E-state index is -1.58. The first-order valence-electron chi connectivity index (χ1n) is 13.0. The van der Waals surface area contributed by atoms with Crippen molar-refractivity contribution < 1.29 is 39.3 Å². The van der Waals surface area contributed by atoms with E-state index in [1.54, 1.807) is 6.20 Å². The number of aromatic amines is 1. The number of para-hydroxylation sites is 1. The molecule has 0 aliphatic rings. The predicted octanol–water partition coefficient (Wildman–Crippen LogP) is -1.05. The zero-order valence-corrected chi connectivity index (χ0v) is 22.3. The van der Waals surface area contributed by atoms with Crippen LogP contribution in [-0.2, 0) is 30.4 Å². The molecule has 0 radical (unpaired) electrons. The zero-order valence-electron chi connectivity index (χ0n) is 22.3. The van der Waals surface area contributed by atoms with Crippen LogP contribution in [0.5, 0.6) is 0 Å². The fraction of sp³-hybridized carbons (Fsp3) is 0.500. The lowest BCUT2D eigenvalue weighted by Crippen LogP contribution is -2.60. The zero-order chi connectivity index (χ0) is 29.8. The van der Waals surface area contributed by atoms with E-state index in [2.05, 4.69) is 20.9 Å². The van der Waals surface area contributed by atoms with Gasteiger partial charge >= 0.3 is 11.9 Å². The van der Waals surface area contributed by atoms with Gasteiger partial charge in [-0.15, -0.1) is 0 Å². The largest absolute Gasteiger partial charge is 0.481 e. The van der Waals surface area contributed by atoms with Crippen LogP contribution in [0.4, 0.5) is 0 Å². The fourth-order valence-electron chi connectivity index (χ4n) is 4.12. The van der Waals surface area contributed by atoms with Crippen LogP contribution >= 0.6 is 0 Å². The molecule has 14 heteroatoms. The molecule has 5 unspecified atom stereocenters. The normalized spacial score (nSPS) is 14.9. The third-order valence-corrected chi connectivity index (χ3v) is 6.36. The maximum atomic E-state index is 13.2. The second-order valence-corrected chi connectivity index (χ2v) is 9.57. The topological polar surface area (TPSA) is 250 Å². The number of aliphatic hydroxyl groups is 1. The van der Waals surface area contributed by atoms with Crippen LogP contribution in [0.2, 0.25) is 0 Å². The Balaban J connectivity index is 2.11. The van der Waals surface area contributed by atoms with Crippen LogP contribution in [0.25, 0.3) is 10.9 Å². The van der Waals surface area contributed by atoms with E-state index < -0.39 is 72.8 Å². The number of carbonyl (C=O) groups is 5. The summed E-state index contributed by atoms with van der Waals surface area (Å²) in [5.41, 5.74) is 13.4. The molecule has 2 aromatic rings. The minimum Gasteiger partial charge on any atom is -0.481 e. The number of aliphatic carboxylic acids is 2. The number of hydrogen-bond donors (Lipinski definition) is 9. The maximum absolute atomic E-state index is 13.2. The van der Waals surface area contributed by atoms with E-state index in [4.69, 9.17) is 16.6 Å². The number of nitrogens with one attached hydrogen (secondary N) is 4. The highest BCUT2D eigenvalue weighted by Gasteiger charge is 2.32. The summed E-state index contributed by atoms with van der Waals surface area (Å²) in [7, 11) is 0. The second-order valence-electron chi connectivity index (χ2n) is 9.57. The molecule has 5 atom stereocenters. The summed E-state index contributed by atoms with van der Waals surface area (Å²) < 4.78 is 0. The molecular weight excluding hydrogens is 524 g/mol. The Morgan fingerprint density at radius 1 is 0.925 bits per heavy atom. The first kappa shape index (κ1) is 32.2. The fourth-order valence-corrected chi connectivity index (χ4v) is 4.12. The molecule has 1 aromatic heterocycles. The SMILES string of the molecule is CC(O)C(NC(=O)C(CCCCN)NC(=O)C(N)Cc1c[nH]c2ccccc12)C(=O)NC(CCC(=O)O)C(=O)O. The van der Waals surface area contributed by atoms with Gasteiger partial charge in [-0.1, -0.05) is 18.2 Å². The van der Waals surface area contributed by atoms with Crippen molar-refractivity contribution in [1.82, 2.24) is 20.9 Å². The second kappa shape index (κ2) is 15.5. The van der Waals surface area contributed by atoms with Crippen LogP contribution in [-0.4, -0.2) is 86.8 Å². The Kier molecular flexibility index (Phi) is 12.5. The van der Waals surface area contributed by atoms with Crippen molar-refractivity contribution in [2.24, 2.45) is 11.5 Å². The summed E-state index contributed by atoms with van der Waals surface area (Å²) in [4.78, 5) is 64.2. The number of carboxylic acids is 2. The minimum absolute atomic E-state index is 0.166. The highest BCUT2D eigenvalue weighted by atomic mass is 16.4. The average molecular weight is 563 g/mol. The van der Waals surface area contributed by atoms with Gasteiger partial charge in [-0.3, -0.25) is 19.2 Å². The van der Waals surface area contributed by atoms with Gasteiger partial charge < -0.3 is 47.7 Å². The number of carbonyl (C=O) groups excluding carboxylic acids is 3. The molecule has 0 saturated carbocycles. The maximum Gasteiger partial charge on any atom is 0.326 e. The Labute approximate surface area is 230 Å². The van der Waals surface area contributed by atoms with E-state index in [1.165, 1.54) is 6.92 Å². The van der Waals surface area contributed by atoms with Crippen molar-refractivity contribution in [1.29, 1.82) is 0 Å². The summed E-state index contributed by atoms with van der Waals surface area (Å²) in [6.45, 7) is 1.57. The molecular formula is C26H38N6O8. The molecule has 220 valence electrons. The van der Waals surface area contributed by atoms with E-state index in [0.29, 0.717) is 19.4 Å². The third-order valence-electron chi connectivity index (χ3n) is 6.36. The van der Waals surface area contributed by atoms with E-state index >= 15 is 0 Å². The van der Waals surface area contributed by atoms with Gasteiger partial charge in [-0.2, -0.15) is 0 Å². The summed E-state index contributed by atoms with van der Waals surface area (Å²) in [5, 5.41) is 36.3. The number of rotatable bonds is 17. The Bertz CT molecular complexity index is 1180. The van der Waals surface area contributed by atoms with Crippen LogP contribution in [0.3, 0.4) is 0 Å². The summed E-state index contributed by atoms with van der Waals surface area (Å²) >= 11 is 0. The van der Waals surface area contributed by atoms with Gasteiger partial charge in [0.1, 0.15) is 18.1 Å². The molecule has 0 fully saturated rings. The summed E-state index contributed by atoms with van der Waals surface area (Å²) in [6, 6.07) is 2.28. The Hall–Kier alpha value is -4.01. The van der Waals surface area contributed by atoms with E-state index in [9.17, 15) is 34.2 Å². The predicted molar refractivity (Wildman–Crippen MR) is 145 cm³/mol. The monoisotopic (exact) mass is 562 g/mol. The number of aromatic nitrogens is 1. The highest BCUT2D eigenvalue weighted by molar-refractivity contribution is 5.94. The number of H-pyrrole nitrogens is 1. The molecule has 14 nitrogen and oxygen atoms in total. The van der Waals surface area contributed by atoms with Gasteiger partial charge in [0.25, 0.3) is 0 Å². The summed E-state index contributed by atoms with van der Waals surface area (Å²) in [6.07, 6.45) is 0.787. The first-order valence-corrected chi connectivity index (χ1v) is 13.0. The molecule has 1 heterocycles. The molecule has 40 heavy (non-hydrogen) atoms. The van der Waals surface area contributed by atoms with Crippen molar-refractivity contribution in [2.75, 3.05) is 6.54 Å². The van der Waals surface area contributed by atoms with Crippen molar-refractivity contribution in [2.45, 2.75) is 75.7 Å². The standard InChI is InChI=1S/C26H38N6O8/c1-14(33)22(25(38)31-20(26(39)40)9-10-21(34)35)32-24(37)19(8-4-5-11-27)30-23(36)17(28)12-15-13-29-18-7-3-2-6-16(15)18/h2-3,6-7,13-14,17,19-20,22,29,33H,4-5,8-12,27-28H2,1H3,(H,30,36)(H,31,38)(H,32,37)(H,34,35)(H,39,40). The van der Waals surface area contributed by atoms with Crippen molar-refractivity contribution in [3.05, 3.63) is 36.0 Å². The van der Waals surface area contributed by atoms with Gasteiger partial charge in [0.2, 0.25) is 17.7 Å². The van der Waals surface area contributed by atoms with Gasteiger partial charge in [0, 0.05) is 23.5 Å². The van der Waals surface area contributed by atoms with Gasteiger partial charge in [0.15, 0.2) is 0 Å². The molecule has 0 bridgehead atoms. The number of benzene rings is 1. The average Bonchev–Trinajstić information content (AvgIpc) is 3.30. The number of aliphatic hydroxyl groups excluding tert-OH is 1. The Morgan fingerprint density at radius 2 is 1.60 bits per heavy atom. The van der Waals surface area contributed by atoms with Gasteiger partial charge in [-0.25, -0.2) is 4.79 Å². The van der Waals surface area contributed by atoms with Crippen LogP contribution in [0, 0.1) is 0 Å². The van der Waals surface area contributed by atoms with E-state index in [0.717, 1.165) is 16.5 Å². The number of unbranched alkanes of at least 4 members (excludes halogenated alkanes) is 1. The van der Waals surface area contributed by atoms with E-state index in [-0.39, 0.29) is 12.8 Å². The lowest BCUT2D eigenvalue weighted by Gasteiger charge is -2.26. The van der Waals surface area contributed by atoms with E-state index in [1.807, 2.05) is 24.3 Å². The van der Waals surface area contributed by atoms with Gasteiger partial charge in [0.05, 0.1) is 12.1 Å². The lowest BCUT2D eigenvalue weighted by molar-refractivity contribution is -0.144. The molecule has 0 aliphatic carbocycles. The van der Waals surface area contributed by atoms with Crippen molar-refractivity contribution in [3.8, 4) is 0 Å². The number of carboxylic acid groups (broad SMARTS) is 2.